The van der Waals surface area contributed by atoms with E-state index in [0.29, 0.717) is 36.6 Å². The number of carbonyl (C=O) groups is 1. The van der Waals surface area contributed by atoms with Crippen molar-refractivity contribution in [1.82, 2.24) is 4.31 Å². The lowest BCUT2D eigenvalue weighted by molar-refractivity contribution is -0.116. The van der Waals surface area contributed by atoms with Gasteiger partial charge in [-0.3, -0.25) is 4.79 Å². The molecule has 1 amide bonds. The molecule has 28 heavy (non-hydrogen) atoms. The molecular formula is C21H25ClN2O3S. The van der Waals surface area contributed by atoms with Crippen molar-refractivity contribution >= 4 is 33.2 Å². The quantitative estimate of drug-likeness (QED) is 0.749. The summed E-state index contributed by atoms with van der Waals surface area (Å²) in [5.74, 6) is -0.136. The molecule has 2 aromatic rings. The van der Waals surface area contributed by atoms with Gasteiger partial charge in [0.25, 0.3) is 0 Å². The van der Waals surface area contributed by atoms with Gasteiger partial charge in [-0.1, -0.05) is 42.6 Å². The van der Waals surface area contributed by atoms with Crippen LogP contribution in [0.1, 0.15) is 37.7 Å². The van der Waals surface area contributed by atoms with Crippen LogP contribution < -0.4 is 5.32 Å². The van der Waals surface area contributed by atoms with Gasteiger partial charge in [-0.25, -0.2) is 8.42 Å². The number of nitrogens with zero attached hydrogens (tertiary/aromatic N) is 1. The van der Waals surface area contributed by atoms with Crippen LogP contribution in [0.25, 0.3) is 0 Å². The van der Waals surface area contributed by atoms with Gasteiger partial charge in [-0.15, -0.1) is 0 Å². The molecule has 0 aromatic heterocycles. The first-order chi connectivity index (χ1) is 13.5. The van der Waals surface area contributed by atoms with E-state index in [2.05, 4.69) is 5.32 Å². The molecule has 2 aromatic carbocycles. The van der Waals surface area contributed by atoms with Gasteiger partial charge >= 0.3 is 0 Å². The van der Waals surface area contributed by atoms with Gasteiger partial charge in [0.1, 0.15) is 0 Å². The van der Waals surface area contributed by atoms with Crippen LogP contribution in [0.2, 0.25) is 5.02 Å². The number of benzene rings is 2. The van der Waals surface area contributed by atoms with E-state index in [-0.39, 0.29) is 10.8 Å². The second-order valence-corrected chi connectivity index (χ2v) is 9.33. The highest BCUT2D eigenvalue weighted by Gasteiger charge is 2.24. The van der Waals surface area contributed by atoms with Crippen LogP contribution in [0.4, 0.5) is 5.69 Å². The maximum absolute atomic E-state index is 12.8. The first-order valence-electron chi connectivity index (χ1n) is 9.60. The van der Waals surface area contributed by atoms with E-state index in [4.69, 9.17) is 11.6 Å². The highest BCUT2D eigenvalue weighted by Crippen LogP contribution is 2.22. The monoisotopic (exact) mass is 420 g/mol. The highest BCUT2D eigenvalue weighted by atomic mass is 35.5. The Labute approximate surface area is 171 Å². The molecule has 0 radical (unpaired) electrons. The zero-order chi connectivity index (χ0) is 20.0. The molecule has 0 saturated carbocycles. The van der Waals surface area contributed by atoms with Gasteiger partial charge in [0.05, 0.1) is 4.90 Å². The molecule has 1 saturated heterocycles. The van der Waals surface area contributed by atoms with E-state index in [9.17, 15) is 13.2 Å². The first-order valence-corrected chi connectivity index (χ1v) is 11.4. The number of nitrogens with one attached hydrogen (secondary N) is 1. The van der Waals surface area contributed by atoms with Crippen LogP contribution in [-0.2, 0) is 21.2 Å². The van der Waals surface area contributed by atoms with Gasteiger partial charge in [0.15, 0.2) is 0 Å². The minimum absolute atomic E-state index is 0.136. The summed E-state index contributed by atoms with van der Waals surface area (Å²) in [6.45, 7) is 1.14. The van der Waals surface area contributed by atoms with Crippen molar-refractivity contribution in [3.05, 3.63) is 59.1 Å². The standard InChI is InChI=1S/C21H25ClN2O3S/c22-20-8-4-3-7-17(20)9-14-21(25)23-18-10-12-19(13-11-18)28(26,27)24-15-5-1-2-6-16-24/h3-4,7-8,10-13H,1-2,5-6,9,14-16H2,(H,23,25). The number of hydrogen-bond donors (Lipinski definition) is 1. The lowest BCUT2D eigenvalue weighted by atomic mass is 10.1. The third-order valence-electron chi connectivity index (χ3n) is 4.92. The van der Waals surface area contributed by atoms with E-state index in [1.807, 2.05) is 18.2 Å². The predicted octanol–water partition coefficient (Wildman–Crippen LogP) is 4.48. The van der Waals surface area contributed by atoms with Crippen molar-refractivity contribution in [2.75, 3.05) is 18.4 Å². The van der Waals surface area contributed by atoms with E-state index < -0.39 is 10.0 Å². The van der Waals surface area contributed by atoms with Crippen LogP contribution in [0.3, 0.4) is 0 Å². The van der Waals surface area contributed by atoms with Crippen LogP contribution in [0.15, 0.2) is 53.4 Å². The van der Waals surface area contributed by atoms with Gasteiger partial charge in [0, 0.05) is 30.2 Å². The summed E-state index contributed by atoms with van der Waals surface area (Å²) >= 11 is 6.11. The number of rotatable bonds is 6. The number of halogens is 1. The zero-order valence-electron chi connectivity index (χ0n) is 15.7. The van der Waals surface area contributed by atoms with Crippen LogP contribution in [0, 0.1) is 0 Å². The number of aryl methyl sites for hydroxylation is 1. The second kappa shape index (κ2) is 9.54. The molecule has 1 N–H and O–H groups in total. The summed E-state index contributed by atoms with van der Waals surface area (Å²) in [4.78, 5) is 12.5. The van der Waals surface area contributed by atoms with Crippen molar-refractivity contribution in [2.24, 2.45) is 0 Å². The number of hydrogen-bond acceptors (Lipinski definition) is 3. The highest BCUT2D eigenvalue weighted by molar-refractivity contribution is 7.89. The van der Waals surface area contributed by atoms with Crippen LogP contribution in [0.5, 0.6) is 0 Å². The van der Waals surface area contributed by atoms with Crippen LogP contribution in [-0.4, -0.2) is 31.7 Å². The number of carbonyl (C=O) groups excluding carboxylic acids is 1. The zero-order valence-corrected chi connectivity index (χ0v) is 17.3. The van der Waals surface area contributed by atoms with Gasteiger partial charge in [-0.2, -0.15) is 4.31 Å². The average molecular weight is 421 g/mol. The molecule has 1 fully saturated rings. The van der Waals surface area contributed by atoms with Crippen molar-refractivity contribution in [2.45, 2.75) is 43.4 Å². The van der Waals surface area contributed by atoms with Crippen LogP contribution >= 0.6 is 11.6 Å². The maximum Gasteiger partial charge on any atom is 0.243 e. The van der Waals surface area contributed by atoms with Gasteiger partial charge < -0.3 is 5.32 Å². The van der Waals surface area contributed by atoms with Gasteiger partial charge in [-0.05, 0) is 55.2 Å². The SMILES string of the molecule is O=C(CCc1ccccc1Cl)Nc1ccc(S(=O)(=O)N2CCCCCC2)cc1. The molecule has 0 bridgehead atoms. The minimum Gasteiger partial charge on any atom is -0.326 e. The van der Waals surface area contributed by atoms with Crippen molar-refractivity contribution in [1.29, 1.82) is 0 Å². The summed E-state index contributed by atoms with van der Waals surface area (Å²) in [6, 6.07) is 13.8. The Hall–Kier alpha value is -1.89. The smallest absolute Gasteiger partial charge is 0.243 e. The lowest BCUT2D eigenvalue weighted by Gasteiger charge is -2.20. The molecule has 1 aliphatic heterocycles. The Kier molecular flexibility index (Phi) is 7.10. The normalized spacial score (nSPS) is 15.8. The Morgan fingerprint density at radius 2 is 1.61 bits per heavy atom. The van der Waals surface area contributed by atoms with Gasteiger partial charge in [0.2, 0.25) is 15.9 Å². The molecule has 0 unspecified atom stereocenters. The topological polar surface area (TPSA) is 66.5 Å². The molecule has 7 heteroatoms. The fourth-order valence-corrected chi connectivity index (χ4v) is 5.06. The molecule has 0 spiro atoms. The number of anilines is 1. The maximum atomic E-state index is 12.8. The largest absolute Gasteiger partial charge is 0.326 e. The summed E-state index contributed by atoms with van der Waals surface area (Å²) < 4.78 is 27.1. The van der Waals surface area contributed by atoms with Crippen molar-refractivity contribution in [3.8, 4) is 0 Å². The molecule has 1 aliphatic rings. The predicted molar refractivity (Wildman–Crippen MR) is 112 cm³/mol. The van der Waals surface area contributed by atoms with E-state index >= 15 is 0 Å². The fourth-order valence-electron chi connectivity index (χ4n) is 3.31. The molecule has 0 atom stereocenters. The fraction of sp³-hybridized carbons (Fsp3) is 0.381. The summed E-state index contributed by atoms with van der Waals surface area (Å²) in [5, 5.41) is 3.46. The Bertz CT molecular complexity index is 906. The Morgan fingerprint density at radius 1 is 0.964 bits per heavy atom. The average Bonchev–Trinajstić information content (AvgIpc) is 2.98. The third-order valence-corrected chi connectivity index (χ3v) is 7.20. The van der Waals surface area contributed by atoms with E-state index in [0.717, 1.165) is 31.2 Å². The summed E-state index contributed by atoms with van der Waals surface area (Å²) in [5.41, 5.74) is 1.51. The summed E-state index contributed by atoms with van der Waals surface area (Å²) in [6.07, 6.45) is 4.80. The van der Waals surface area contributed by atoms with E-state index in [1.165, 1.54) is 0 Å². The second-order valence-electron chi connectivity index (χ2n) is 6.98. The van der Waals surface area contributed by atoms with Crippen molar-refractivity contribution in [3.63, 3.8) is 0 Å². The first kappa shape index (κ1) is 20.8. The Morgan fingerprint density at radius 3 is 2.25 bits per heavy atom. The summed E-state index contributed by atoms with van der Waals surface area (Å²) in [7, 11) is -3.48. The Balaban J connectivity index is 1.59. The third kappa shape index (κ3) is 5.34. The number of amides is 1. The van der Waals surface area contributed by atoms with Crippen molar-refractivity contribution < 1.29 is 13.2 Å². The molecule has 0 aliphatic carbocycles. The lowest BCUT2D eigenvalue weighted by Crippen LogP contribution is -2.31. The molecule has 5 nitrogen and oxygen atoms in total. The molecule has 1 heterocycles. The van der Waals surface area contributed by atoms with E-state index in [1.54, 1.807) is 34.6 Å². The minimum atomic E-state index is -3.48. The number of sulfonamides is 1. The molecular weight excluding hydrogens is 396 g/mol. The molecule has 3 rings (SSSR count). The molecule has 150 valence electrons.